The van der Waals surface area contributed by atoms with Crippen LogP contribution >= 0.6 is 0 Å². The third kappa shape index (κ3) is 1.85. The Hall–Kier alpha value is -2.36. The summed E-state index contributed by atoms with van der Waals surface area (Å²) < 4.78 is 15.9. The van der Waals surface area contributed by atoms with Crippen LogP contribution in [-0.2, 0) is 6.42 Å². The van der Waals surface area contributed by atoms with Gasteiger partial charge in [0.2, 0.25) is 0 Å². The van der Waals surface area contributed by atoms with Crippen LogP contribution < -0.4 is 5.73 Å². The van der Waals surface area contributed by atoms with Gasteiger partial charge in [-0.1, -0.05) is 19.1 Å². The van der Waals surface area contributed by atoms with Crippen LogP contribution in [0.1, 0.15) is 12.7 Å². The molecular formula is C15H14FN3. The van der Waals surface area contributed by atoms with Crippen LogP contribution in [0, 0.1) is 5.82 Å². The number of nitrogen functional groups attached to an aromatic ring is 1. The summed E-state index contributed by atoms with van der Waals surface area (Å²) in [5, 5.41) is 0. The number of hydrogen-bond acceptors (Lipinski definition) is 2. The molecule has 0 amide bonds. The fourth-order valence-electron chi connectivity index (χ4n) is 2.29. The van der Waals surface area contributed by atoms with Gasteiger partial charge in [0.1, 0.15) is 11.6 Å². The molecule has 2 N–H and O–H groups in total. The molecule has 0 aliphatic rings. The molecule has 0 fully saturated rings. The zero-order valence-corrected chi connectivity index (χ0v) is 10.6. The van der Waals surface area contributed by atoms with Gasteiger partial charge in [-0.2, -0.15) is 0 Å². The Bertz CT molecular complexity index is 746. The van der Waals surface area contributed by atoms with Crippen LogP contribution in [0.15, 0.2) is 42.5 Å². The SMILES string of the molecule is CCc1nc2cc(N)ccc2n1-c1ccccc1F. The van der Waals surface area contributed by atoms with E-state index in [4.69, 9.17) is 5.73 Å². The monoisotopic (exact) mass is 255 g/mol. The average molecular weight is 255 g/mol. The van der Waals surface area contributed by atoms with Crippen molar-refractivity contribution in [3.63, 3.8) is 0 Å². The number of nitrogens with two attached hydrogens (primary N) is 1. The maximum Gasteiger partial charge on any atom is 0.147 e. The molecule has 0 spiro atoms. The highest BCUT2D eigenvalue weighted by atomic mass is 19.1. The van der Waals surface area contributed by atoms with Gasteiger partial charge in [-0.15, -0.1) is 0 Å². The van der Waals surface area contributed by atoms with E-state index in [1.165, 1.54) is 6.07 Å². The first kappa shape index (κ1) is 11.7. The Balaban J connectivity index is 2.36. The first-order chi connectivity index (χ1) is 9.20. The van der Waals surface area contributed by atoms with Crippen molar-refractivity contribution < 1.29 is 4.39 Å². The van der Waals surface area contributed by atoms with Gasteiger partial charge in [0.05, 0.1) is 16.7 Å². The van der Waals surface area contributed by atoms with Gasteiger partial charge in [0, 0.05) is 12.1 Å². The molecule has 0 saturated heterocycles. The highest BCUT2D eigenvalue weighted by molar-refractivity contribution is 5.81. The molecule has 0 radical (unpaired) electrons. The number of fused-ring (bicyclic) bond motifs is 1. The molecule has 0 saturated carbocycles. The van der Waals surface area contributed by atoms with E-state index in [1.807, 2.05) is 29.7 Å². The minimum Gasteiger partial charge on any atom is -0.399 e. The molecule has 0 aliphatic heterocycles. The van der Waals surface area contributed by atoms with Crippen LogP contribution in [0.5, 0.6) is 0 Å². The molecule has 3 nitrogen and oxygen atoms in total. The van der Waals surface area contributed by atoms with Crippen LogP contribution in [0.3, 0.4) is 0 Å². The summed E-state index contributed by atoms with van der Waals surface area (Å²) >= 11 is 0. The maximum atomic E-state index is 14.0. The van der Waals surface area contributed by atoms with E-state index in [1.54, 1.807) is 18.2 Å². The van der Waals surface area contributed by atoms with E-state index in [0.717, 1.165) is 23.3 Å². The molecule has 4 heteroatoms. The number of rotatable bonds is 2. The van der Waals surface area contributed by atoms with Gasteiger partial charge in [-0.3, -0.25) is 4.57 Å². The van der Waals surface area contributed by atoms with Crippen LogP contribution in [0.2, 0.25) is 0 Å². The Morgan fingerprint density at radius 3 is 2.74 bits per heavy atom. The number of para-hydroxylation sites is 1. The summed E-state index contributed by atoms with van der Waals surface area (Å²) in [6.45, 7) is 2.00. The number of nitrogens with zero attached hydrogens (tertiary/aromatic N) is 2. The van der Waals surface area contributed by atoms with Gasteiger partial charge in [-0.05, 0) is 30.3 Å². The van der Waals surface area contributed by atoms with E-state index in [0.29, 0.717) is 11.4 Å². The molecular weight excluding hydrogens is 241 g/mol. The Morgan fingerprint density at radius 1 is 1.21 bits per heavy atom. The predicted molar refractivity (Wildman–Crippen MR) is 74.8 cm³/mol. The first-order valence-electron chi connectivity index (χ1n) is 6.22. The van der Waals surface area contributed by atoms with Gasteiger partial charge in [0.25, 0.3) is 0 Å². The van der Waals surface area contributed by atoms with Crippen LogP contribution in [-0.4, -0.2) is 9.55 Å². The fraction of sp³-hybridized carbons (Fsp3) is 0.133. The lowest BCUT2D eigenvalue weighted by molar-refractivity contribution is 0.617. The van der Waals surface area contributed by atoms with Crippen molar-refractivity contribution >= 4 is 16.7 Å². The van der Waals surface area contributed by atoms with Crippen molar-refractivity contribution in [1.82, 2.24) is 9.55 Å². The summed E-state index contributed by atoms with van der Waals surface area (Å²) in [6, 6.07) is 12.2. The van der Waals surface area contributed by atoms with E-state index in [9.17, 15) is 4.39 Å². The zero-order chi connectivity index (χ0) is 13.4. The summed E-state index contributed by atoms with van der Waals surface area (Å²) in [4.78, 5) is 4.53. The number of aromatic nitrogens is 2. The molecule has 1 aromatic heterocycles. The summed E-state index contributed by atoms with van der Waals surface area (Å²) in [7, 11) is 0. The summed E-state index contributed by atoms with van der Waals surface area (Å²) in [5.41, 5.74) is 8.61. The molecule has 2 aromatic carbocycles. The molecule has 19 heavy (non-hydrogen) atoms. The maximum absolute atomic E-state index is 14.0. The standard InChI is InChI=1S/C15H14FN3/c1-2-15-18-12-9-10(17)7-8-14(12)19(15)13-6-4-3-5-11(13)16/h3-9H,2,17H2,1H3. The second-order valence-corrected chi connectivity index (χ2v) is 4.42. The van der Waals surface area contributed by atoms with Crippen molar-refractivity contribution in [2.75, 3.05) is 5.73 Å². The minimum absolute atomic E-state index is 0.256. The number of hydrogen-bond donors (Lipinski definition) is 1. The third-order valence-electron chi connectivity index (χ3n) is 3.16. The number of halogens is 1. The molecule has 3 rings (SSSR count). The fourth-order valence-corrected chi connectivity index (χ4v) is 2.29. The molecule has 0 bridgehead atoms. The average Bonchev–Trinajstić information content (AvgIpc) is 2.76. The van der Waals surface area contributed by atoms with Crippen molar-refractivity contribution in [1.29, 1.82) is 0 Å². The van der Waals surface area contributed by atoms with E-state index in [-0.39, 0.29) is 5.82 Å². The summed E-state index contributed by atoms with van der Waals surface area (Å²) in [5.74, 6) is 0.569. The van der Waals surface area contributed by atoms with Crippen LogP contribution in [0.25, 0.3) is 16.7 Å². The smallest absolute Gasteiger partial charge is 0.147 e. The molecule has 0 unspecified atom stereocenters. The second-order valence-electron chi connectivity index (χ2n) is 4.42. The second kappa shape index (κ2) is 4.39. The Labute approximate surface area is 110 Å². The van der Waals surface area contributed by atoms with Gasteiger partial charge in [-0.25, -0.2) is 9.37 Å². The van der Waals surface area contributed by atoms with Gasteiger partial charge >= 0.3 is 0 Å². The van der Waals surface area contributed by atoms with E-state index >= 15 is 0 Å². The lowest BCUT2D eigenvalue weighted by Gasteiger charge is -2.09. The molecule has 0 atom stereocenters. The zero-order valence-electron chi connectivity index (χ0n) is 10.6. The van der Waals surface area contributed by atoms with E-state index < -0.39 is 0 Å². The lowest BCUT2D eigenvalue weighted by Crippen LogP contribution is -2.02. The number of anilines is 1. The number of aryl methyl sites for hydroxylation is 1. The van der Waals surface area contributed by atoms with Crippen LogP contribution in [0.4, 0.5) is 10.1 Å². The number of imidazole rings is 1. The van der Waals surface area contributed by atoms with Crippen molar-refractivity contribution in [2.24, 2.45) is 0 Å². The third-order valence-corrected chi connectivity index (χ3v) is 3.16. The largest absolute Gasteiger partial charge is 0.399 e. The summed E-state index contributed by atoms with van der Waals surface area (Å²) in [6.07, 6.45) is 0.725. The first-order valence-corrected chi connectivity index (χ1v) is 6.22. The molecule has 1 heterocycles. The van der Waals surface area contributed by atoms with Crippen molar-refractivity contribution in [3.8, 4) is 5.69 Å². The molecule has 96 valence electrons. The highest BCUT2D eigenvalue weighted by Crippen LogP contribution is 2.25. The molecule has 3 aromatic rings. The number of benzene rings is 2. The van der Waals surface area contributed by atoms with Crippen molar-refractivity contribution in [2.45, 2.75) is 13.3 Å². The Kier molecular flexibility index (Phi) is 2.71. The van der Waals surface area contributed by atoms with Crippen molar-refractivity contribution in [3.05, 3.63) is 54.1 Å². The van der Waals surface area contributed by atoms with E-state index in [2.05, 4.69) is 4.98 Å². The Morgan fingerprint density at radius 2 is 2.00 bits per heavy atom. The van der Waals surface area contributed by atoms with Gasteiger partial charge < -0.3 is 5.73 Å². The predicted octanol–water partition coefficient (Wildman–Crippen LogP) is 3.31. The quantitative estimate of drug-likeness (QED) is 0.714. The lowest BCUT2D eigenvalue weighted by atomic mass is 10.2. The topological polar surface area (TPSA) is 43.8 Å². The van der Waals surface area contributed by atoms with Gasteiger partial charge in [0.15, 0.2) is 0 Å². The normalized spacial score (nSPS) is 11.1. The minimum atomic E-state index is -0.256. The highest BCUT2D eigenvalue weighted by Gasteiger charge is 2.13. The molecule has 0 aliphatic carbocycles.